The second-order valence-corrected chi connectivity index (χ2v) is 9.62. The van der Waals surface area contributed by atoms with Gasteiger partial charge in [-0.1, -0.05) is 17.7 Å². The summed E-state index contributed by atoms with van der Waals surface area (Å²) >= 11 is 6.13. The first-order valence-corrected chi connectivity index (χ1v) is 12.2. The van der Waals surface area contributed by atoms with E-state index in [1.54, 1.807) is 28.0 Å². The molecule has 2 aromatic rings. The molecule has 1 unspecified atom stereocenters. The molecule has 2 aliphatic heterocycles. The fourth-order valence-electron chi connectivity index (χ4n) is 4.71. The molecule has 2 amide bonds. The number of halogens is 3. The Bertz CT molecular complexity index is 1030. The first kappa shape index (κ1) is 25.4. The summed E-state index contributed by atoms with van der Waals surface area (Å²) in [6.45, 7) is 3.06. The molecule has 9 heteroatoms. The number of nitrogens with zero attached hydrogens (tertiary/aromatic N) is 2. The molecule has 2 heterocycles. The minimum Gasteiger partial charge on any atom is -0.493 e. The molecule has 35 heavy (non-hydrogen) atoms. The number of carbonyl (C=O) groups is 2. The number of morpholine rings is 1. The van der Waals surface area contributed by atoms with E-state index in [9.17, 15) is 18.4 Å². The van der Waals surface area contributed by atoms with Crippen molar-refractivity contribution in [3.05, 3.63) is 64.7 Å². The van der Waals surface area contributed by atoms with Gasteiger partial charge in [-0.15, -0.1) is 0 Å². The molecule has 1 atom stereocenters. The van der Waals surface area contributed by atoms with E-state index < -0.39 is 11.2 Å². The average molecular weight is 507 g/mol. The monoisotopic (exact) mass is 506 g/mol. The standard InChI is InChI=1S/C26H29ClF2N2O4/c27-22-3-1-4-23(29)21(22)15-24(32)31-10-2-9-26(17-31,16-25(33)30-11-13-34-14-12-30)18-35-20-7-5-19(28)6-8-20/h1,3-8H,2,9-18H2. The highest BCUT2D eigenvalue weighted by atomic mass is 35.5. The Morgan fingerprint density at radius 3 is 2.46 bits per heavy atom. The first-order valence-electron chi connectivity index (χ1n) is 11.8. The number of ether oxygens (including phenoxy) is 2. The minimum absolute atomic E-state index is 0.0116. The Morgan fingerprint density at radius 2 is 1.74 bits per heavy atom. The summed E-state index contributed by atoms with van der Waals surface area (Å²) < 4.78 is 39.0. The molecule has 2 aliphatic rings. The quantitative estimate of drug-likeness (QED) is 0.567. The van der Waals surface area contributed by atoms with Crippen molar-refractivity contribution < 1.29 is 27.8 Å². The topological polar surface area (TPSA) is 59.1 Å². The number of hydrogen-bond acceptors (Lipinski definition) is 4. The van der Waals surface area contributed by atoms with E-state index in [1.165, 1.54) is 24.3 Å². The molecular formula is C26H29ClF2N2O4. The van der Waals surface area contributed by atoms with Crippen LogP contribution in [0.1, 0.15) is 24.8 Å². The molecular weight excluding hydrogens is 478 g/mol. The maximum Gasteiger partial charge on any atom is 0.227 e. The Hall–Kier alpha value is -2.71. The fraction of sp³-hybridized carbons (Fsp3) is 0.462. The average Bonchev–Trinajstić information content (AvgIpc) is 2.86. The van der Waals surface area contributed by atoms with Gasteiger partial charge in [0.15, 0.2) is 0 Å². The lowest BCUT2D eigenvalue weighted by atomic mass is 9.77. The molecule has 0 saturated carbocycles. The number of benzene rings is 2. The van der Waals surface area contributed by atoms with Gasteiger partial charge in [0, 0.05) is 48.6 Å². The zero-order valence-electron chi connectivity index (χ0n) is 19.5. The van der Waals surface area contributed by atoms with E-state index in [-0.39, 0.29) is 47.7 Å². The van der Waals surface area contributed by atoms with E-state index in [1.807, 2.05) is 0 Å². The lowest BCUT2D eigenvalue weighted by Gasteiger charge is -2.43. The van der Waals surface area contributed by atoms with Gasteiger partial charge in [-0.3, -0.25) is 9.59 Å². The van der Waals surface area contributed by atoms with Crippen LogP contribution in [0.25, 0.3) is 0 Å². The van der Waals surface area contributed by atoms with Gasteiger partial charge in [0.2, 0.25) is 11.8 Å². The number of hydrogen-bond donors (Lipinski definition) is 0. The fourth-order valence-corrected chi connectivity index (χ4v) is 4.94. The van der Waals surface area contributed by atoms with Crippen LogP contribution >= 0.6 is 11.6 Å². The second kappa shape index (κ2) is 11.4. The maximum absolute atomic E-state index is 14.3. The van der Waals surface area contributed by atoms with Gasteiger partial charge < -0.3 is 19.3 Å². The van der Waals surface area contributed by atoms with Crippen molar-refractivity contribution in [1.29, 1.82) is 0 Å². The summed E-state index contributed by atoms with van der Waals surface area (Å²) in [5.41, 5.74) is -0.459. The molecule has 2 saturated heterocycles. The van der Waals surface area contributed by atoms with Gasteiger partial charge >= 0.3 is 0 Å². The first-order chi connectivity index (χ1) is 16.8. The number of likely N-dealkylation sites (tertiary alicyclic amines) is 1. The van der Waals surface area contributed by atoms with Gasteiger partial charge in [-0.2, -0.15) is 0 Å². The Kier molecular flexibility index (Phi) is 8.23. The molecule has 0 spiro atoms. The molecule has 2 aromatic carbocycles. The normalized spacial score (nSPS) is 20.5. The van der Waals surface area contributed by atoms with Crippen LogP contribution in [0.5, 0.6) is 5.75 Å². The summed E-state index contributed by atoms with van der Waals surface area (Å²) in [5.74, 6) is -0.651. The summed E-state index contributed by atoms with van der Waals surface area (Å²) in [4.78, 5) is 29.8. The Morgan fingerprint density at radius 1 is 1.00 bits per heavy atom. The van der Waals surface area contributed by atoms with Crippen molar-refractivity contribution in [3.8, 4) is 5.75 Å². The highest BCUT2D eigenvalue weighted by Gasteiger charge is 2.41. The third kappa shape index (κ3) is 6.49. The summed E-state index contributed by atoms with van der Waals surface area (Å²) in [6.07, 6.45) is 1.42. The van der Waals surface area contributed by atoms with Crippen LogP contribution in [-0.2, 0) is 20.7 Å². The van der Waals surface area contributed by atoms with Crippen molar-refractivity contribution in [2.24, 2.45) is 5.41 Å². The SMILES string of the molecule is O=C(CC1(COc2ccc(F)cc2)CCCN(C(=O)Cc2c(F)cccc2Cl)C1)N1CCOCC1. The predicted molar refractivity (Wildman–Crippen MR) is 127 cm³/mol. The second-order valence-electron chi connectivity index (χ2n) is 9.21. The van der Waals surface area contributed by atoms with E-state index in [4.69, 9.17) is 21.1 Å². The molecule has 0 N–H and O–H groups in total. The van der Waals surface area contributed by atoms with Crippen molar-refractivity contribution in [3.63, 3.8) is 0 Å². The molecule has 2 fully saturated rings. The van der Waals surface area contributed by atoms with E-state index in [0.29, 0.717) is 58.0 Å². The van der Waals surface area contributed by atoms with Crippen LogP contribution < -0.4 is 4.74 Å². The number of amides is 2. The Labute approximate surface area is 208 Å². The summed E-state index contributed by atoms with van der Waals surface area (Å²) in [5, 5.41) is 0.212. The lowest BCUT2D eigenvalue weighted by molar-refractivity contribution is -0.143. The lowest BCUT2D eigenvalue weighted by Crippen LogP contribution is -2.52. The number of carbonyl (C=O) groups excluding carboxylic acids is 2. The molecule has 0 aliphatic carbocycles. The smallest absolute Gasteiger partial charge is 0.227 e. The van der Waals surface area contributed by atoms with Crippen molar-refractivity contribution >= 4 is 23.4 Å². The third-order valence-corrected chi connectivity index (χ3v) is 7.01. The zero-order valence-corrected chi connectivity index (χ0v) is 20.2. The van der Waals surface area contributed by atoms with E-state index in [0.717, 1.165) is 0 Å². The van der Waals surface area contributed by atoms with Gasteiger partial charge in [0.1, 0.15) is 17.4 Å². The van der Waals surface area contributed by atoms with E-state index >= 15 is 0 Å². The number of piperidine rings is 1. The highest BCUT2D eigenvalue weighted by molar-refractivity contribution is 6.31. The van der Waals surface area contributed by atoms with Crippen molar-refractivity contribution in [1.82, 2.24) is 9.80 Å². The predicted octanol–water partition coefficient (Wildman–Crippen LogP) is 4.10. The van der Waals surface area contributed by atoms with E-state index in [2.05, 4.69) is 0 Å². The van der Waals surface area contributed by atoms with Crippen molar-refractivity contribution in [2.75, 3.05) is 46.0 Å². The molecule has 4 rings (SSSR count). The van der Waals surface area contributed by atoms with Gasteiger partial charge in [0.05, 0.1) is 26.2 Å². The largest absolute Gasteiger partial charge is 0.493 e. The minimum atomic E-state index is -0.628. The summed E-state index contributed by atoms with van der Waals surface area (Å²) in [6, 6.07) is 10.1. The molecule has 0 bridgehead atoms. The van der Waals surface area contributed by atoms with Crippen LogP contribution in [0.4, 0.5) is 8.78 Å². The zero-order chi connectivity index (χ0) is 24.8. The van der Waals surface area contributed by atoms with Crippen LogP contribution in [0.2, 0.25) is 5.02 Å². The van der Waals surface area contributed by atoms with Crippen LogP contribution in [0.3, 0.4) is 0 Å². The van der Waals surface area contributed by atoms with Crippen LogP contribution in [-0.4, -0.2) is 67.6 Å². The molecule has 6 nitrogen and oxygen atoms in total. The van der Waals surface area contributed by atoms with Gasteiger partial charge in [0.25, 0.3) is 0 Å². The van der Waals surface area contributed by atoms with Crippen molar-refractivity contribution in [2.45, 2.75) is 25.7 Å². The summed E-state index contributed by atoms with van der Waals surface area (Å²) in [7, 11) is 0. The maximum atomic E-state index is 14.3. The van der Waals surface area contributed by atoms with Crippen LogP contribution in [0.15, 0.2) is 42.5 Å². The molecule has 188 valence electrons. The highest BCUT2D eigenvalue weighted by Crippen LogP contribution is 2.36. The molecule has 0 radical (unpaired) electrons. The van der Waals surface area contributed by atoms with Crippen LogP contribution in [0, 0.1) is 17.0 Å². The third-order valence-electron chi connectivity index (χ3n) is 6.65. The Balaban J connectivity index is 1.51. The number of rotatable bonds is 7. The van der Waals surface area contributed by atoms with Gasteiger partial charge in [-0.05, 0) is 49.2 Å². The molecule has 0 aromatic heterocycles. The van der Waals surface area contributed by atoms with Gasteiger partial charge in [-0.25, -0.2) is 8.78 Å².